The molecule has 31 heavy (non-hydrogen) atoms. The van der Waals surface area contributed by atoms with Gasteiger partial charge in [0.05, 0.1) is 6.04 Å². The maximum atomic E-state index is 13.3. The quantitative estimate of drug-likeness (QED) is 0.741. The minimum Gasteiger partial charge on any atom is -0.356 e. The molecular weight excluding hydrogens is 405 g/mol. The van der Waals surface area contributed by atoms with Crippen LogP contribution >= 0.6 is 0 Å². The van der Waals surface area contributed by atoms with Crippen molar-refractivity contribution < 1.29 is 18.0 Å². The van der Waals surface area contributed by atoms with Crippen LogP contribution in [0.3, 0.4) is 0 Å². The lowest BCUT2D eigenvalue weighted by Crippen LogP contribution is -2.54. The highest BCUT2D eigenvalue weighted by atomic mass is 19.4. The van der Waals surface area contributed by atoms with E-state index in [4.69, 9.17) is 5.73 Å². The van der Waals surface area contributed by atoms with Crippen molar-refractivity contribution in [1.29, 1.82) is 0 Å². The molecule has 2 heterocycles. The Labute approximate surface area is 183 Å². The molecule has 1 saturated carbocycles. The molecule has 2 fully saturated rings. The molecule has 0 radical (unpaired) electrons. The number of nitrogens with zero attached hydrogens (tertiary/aromatic N) is 3. The second kappa shape index (κ2) is 8.60. The van der Waals surface area contributed by atoms with Crippen LogP contribution in [-0.4, -0.2) is 47.0 Å². The molecule has 3 rings (SSSR count). The van der Waals surface area contributed by atoms with Gasteiger partial charge in [0.1, 0.15) is 11.5 Å². The fourth-order valence-electron chi connectivity index (χ4n) is 5.27. The SMILES string of the molecule is CC(C)N(C(=O)[C@@H](N)CC(C)(C)C)[C@H]1CC[C@@H]2CN(c3cccc(C(F)(F)F)n3)C[C@@H]21. The highest BCUT2D eigenvalue weighted by molar-refractivity contribution is 5.82. The van der Waals surface area contributed by atoms with Gasteiger partial charge in [-0.15, -0.1) is 0 Å². The van der Waals surface area contributed by atoms with Crippen LogP contribution in [0.4, 0.5) is 19.0 Å². The number of anilines is 1. The van der Waals surface area contributed by atoms with Gasteiger partial charge in [-0.3, -0.25) is 4.79 Å². The van der Waals surface area contributed by atoms with E-state index in [0.29, 0.717) is 31.2 Å². The van der Waals surface area contributed by atoms with Crippen molar-refractivity contribution in [1.82, 2.24) is 9.88 Å². The molecule has 8 heteroatoms. The van der Waals surface area contributed by atoms with Crippen LogP contribution < -0.4 is 10.6 Å². The van der Waals surface area contributed by atoms with E-state index in [9.17, 15) is 18.0 Å². The highest BCUT2D eigenvalue weighted by Gasteiger charge is 2.47. The summed E-state index contributed by atoms with van der Waals surface area (Å²) in [5.41, 5.74) is 5.39. The van der Waals surface area contributed by atoms with E-state index in [0.717, 1.165) is 18.9 Å². The minimum absolute atomic E-state index is 0.0167. The van der Waals surface area contributed by atoms with Gasteiger partial charge in [0.2, 0.25) is 5.91 Å². The van der Waals surface area contributed by atoms with Crippen molar-refractivity contribution in [3.63, 3.8) is 0 Å². The number of rotatable bonds is 5. The molecule has 4 atom stereocenters. The van der Waals surface area contributed by atoms with Crippen molar-refractivity contribution in [3.8, 4) is 0 Å². The Morgan fingerprint density at radius 2 is 1.90 bits per heavy atom. The first kappa shape index (κ1) is 23.8. The maximum absolute atomic E-state index is 13.3. The van der Waals surface area contributed by atoms with Crippen LogP contribution in [0.5, 0.6) is 0 Å². The van der Waals surface area contributed by atoms with E-state index in [2.05, 4.69) is 25.8 Å². The Morgan fingerprint density at radius 1 is 1.23 bits per heavy atom. The van der Waals surface area contributed by atoms with Gasteiger partial charge >= 0.3 is 6.18 Å². The fraction of sp³-hybridized carbons (Fsp3) is 0.739. The lowest BCUT2D eigenvalue weighted by molar-refractivity contribution is -0.141. The number of halogens is 3. The molecule has 0 unspecified atom stereocenters. The van der Waals surface area contributed by atoms with Gasteiger partial charge in [-0.2, -0.15) is 13.2 Å². The lowest BCUT2D eigenvalue weighted by Gasteiger charge is -2.39. The summed E-state index contributed by atoms with van der Waals surface area (Å²) < 4.78 is 39.3. The summed E-state index contributed by atoms with van der Waals surface area (Å²) in [6.45, 7) is 11.5. The summed E-state index contributed by atoms with van der Waals surface area (Å²) in [6.07, 6.45) is -1.99. The average Bonchev–Trinajstić information content (AvgIpc) is 3.21. The third-order valence-electron chi connectivity index (χ3n) is 6.49. The number of hydrogen-bond donors (Lipinski definition) is 1. The van der Waals surface area contributed by atoms with Gasteiger partial charge in [-0.25, -0.2) is 4.98 Å². The van der Waals surface area contributed by atoms with E-state index < -0.39 is 17.9 Å². The zero-order chi connectivity index (χ0) is 23.1. The smallest absolute Gasteiger partial charge is 0.356 e. The van der Waals surface area contributed by atoms with Gasteiger partial charge in [0, 0.05) is 31.1 Å². The Balaban J connectivity index is 1.77. The third-order valence-corrected chi connectivity index (χ3v) is 6.49. The standard InChI is InChI=1S/C23H35F3N4O/c1-14(2)30(21(31)17(27)11-22(3,4)5)18-10-9-15-12-29(13-16(15)18)20-8-6-7-19(28-20)23(24,25)26/h6-8,14-18H,9-13,27H2,1-5H3/t15-,16+,17+,18+/m1/s1. The summed E-state index contributed by atoms with van der Waals surface area (Å²) >= 11 is 0. The van der Waals surface area contributed by atoms with Crippen LogP contribution in [0.2, 0.25) is 0 Å². The monoisotopic (exact) mass is 440 g/mol. The number of hydrogen-bond acceptors (Lipinski definition) is 4. The second-order valence-corrected chi connectivity index (χ2v) is 10.6. The van der Waals surface area contributed by atoms with Crippen molar-refractivity contribution in [2.24, 2.45) is 23.0 Å². The number of fused-ring (bicyclic) bond motifs is 1. The molecule has 1 amide bonds. The molecule has 5 nitrogen and oxygen atoms in total. The summed E-state index contributed by atoms with van der Waals surface area (Å²) in [5, 5.41) is 0. The van der Waals surface area contributed by atoms with Crippen LogP contribution in [0.15, 0.2) is 18.2 Å². The van der Waals surface area contributed by atoms with E-state index in [1.54, 1.807) is 6.07 Å². The molecule has 1 aliphatic heterocycles. The molecular formula is C23H35F3N4O. The van der Waals surface area contributed by atoms with E-state index in [1.807, 2.05) is 23.6 Å². The Morgan fingerprint density at radius 3 is 2.48 bits per heavy atom. The first-order chi connectivity index (χ1) is 14.3. The van der Waals surface area contributed by atoms with Crippen LogP contribution in [-0.2, 0) is 11.0 Å². The summed E-state index contributed by atoms with van der Waals surface area (Å²) in [5.74, 6) is 0.889. The largest absolute Gasteiger partial charge is 0.433 e. The maximum Gasteiger partial charge on any atom is 0.433 e. The molecule has 1 aromatic heterocycles. The van der Waals surface area contributed by atoms with Crippen LogP contribution in [0, 0.1) is 17.3 Å². The first-order valence-corrected chi connectivity index (χ1v) is 11.1. The van der Waals surface area contributed by atoms with Crippen molar-refractivity contribution >= 4 is 11.7 Å². The molecule has 2 aliphatic rings. The molecule has 1 aliphatic carbocycles. The molecule has 2 N–H and O–H groups in total. The number of carbonyl (C=O) groups excluding carboxylic acids is 1. The minimum atomic E-state index is -4.46. The number of carbonyl (C=O) groups is 1. The normalized spacial score (nSPS) is 25.1. The Hall–Kier alpha value is -1.83. The second-order valence-electron chi connectivity index (χ2n) is 10.6. The molecule has 0 bridgehead atoms. The predicted molar refractivity (Wildman–Crippen MR) is 115 cm³/mol. The Bertz CT molecular complexity index is 790. The highest BCUT2D eigenvalue weighted by Crippen LogP contribution is 2.43. The van der Waals surface area contributed by atoms with Gasteiger partial charge < -0.3 is 15.5 Å². The van der Waals surface area contributed by atoms with E-state index in [1.165, 1.54) is 6.07 Å². The Kier molecular flexibility index (Phi) is 6.61. The molecule has 0 spiro atoms. The first-order valence-electron chi connectivity index (χ1n) is 11.1. The summed E-state index contributed by atoms with van der Waals surface area (Å²) in [6, 6.07) is 3.56. The molecule has 0 aromatic carbocycles. The van der Waals surface area contributed by atoms with E-state index in [-0.39, 0.29) is 29.3 Å². The number of amides is 1. The van der Waals surface area contributed by atoms with Gasteiger partial charge in [0.15, 0.2) is 0 Å². The van der Waals surface area contributed by atoms with Crippen LogP contribution in [0.1, 0.15) is 59.6 Å². The van der Waals surface area contributed by atoms with Crippen molar-refractivity contribution in [2.45, 2.75) is 78.2 Å². The summed E-state index contributed by atoms with van der Waals surface area (Å²) in [4.78, 5) is 21.0. The lowest BCUT2D eigenvalue weighted by atomic mass is 9.87. The molecule has 1 aromatic rings. The number of pyridine rings is 1. The topological polar surface area (TPSA) is 62.5 Å². The zero-order valence-corrected chi connectivity index (χ0v) is 19.1. The average molecular weight is 441 g/mol. The predicted octanol–water partition coefficient (Wildman–Crippen LogP) is 4.32. The third kappa shape index (κ3) is 5.33. The van der Waals surface area contributed by atoms with Gasteiger partial charge in [0.25, 0.3) is 0 Å². The number of alkyl halides is 3. The van der Waals surface area contributed by atoms with Crippen molar-refractivity contribution in [3.05, 3.63) is 23.9 Å². The van der Waals surface area contributed by atoms with E-state index >= 15 is 0 Å². The fourth-order valence-corrected chi connectivity index (χ4v) is 5.27. The zero-order valence-electron chi connectivity index (χ0n) is 19.1. The van der Waals surface area contributed by atoms with Gasteiger partial charge in [-0.05, 0) is 56.6 Å². The van der Waals surface area contributed by atoms with Crippen molar-refractivity contribution in [2.75, 3.05) is 18.0 Å². The molecule has 1 saturated heterocycles. The summed E-state index contributed by atoms with van der Waals surface area (Å²) in [7, 11) is 0. The molecule has 174 valence electrons. The van der Waals surface area contributed by atoms with Crippen LogP contribution in [0.25, 0.3) is 0 Å². The number of aromatic nitrogens is 1. The van der Waals surface area contributed by atoms with Gasteiger partial charge in [-0.1, -0.05) is 26.8 Å². The number of nitrogens with two attached hydrogens (primary N) is 1.